The smallest absolute Gasteiger partial charge is 0.323 e. The number of H-pyrrole nitrogens is 1. The first-order valence-electron chi connectivity index (χ1n) is 8.50. The van der Waals surface area contributed by atoms with E-state index in [4.69, 9.17) is 0 Å². The monoisotopic (exact) mass is 363 g/mol. The number of para-hydroxylation sites is 1. The molecular weight excluding hydrogens is 342 g/mol. The minimum absolute atomic E-state index is 0.101. The maximum Gasteiger partial charge on any atom is 0.323 e. The molecule has 0 bridgehead atoms. The summed E-state index contributed by atoms with van der Waals surface area (Å²) in [7, 11) is 1.74. The van der Waals surface area contributed by atoms with Gasteiger partial charge in [0.15, 0.2) is 0 Å². The molecule has 0 spiro atoms. The second kappa shape index (κ2) is 8.18. The molecule has 1 aromatic heterocycles. The van der Waals surface area contributed by atoms with Crippen molar-refractivity contribution in [2.24, 2.45) is 0 Å². The van der Waals surface area contributed by atoms with Gasteiger partial charge in [0.25, 0.3) is 5.91 Å². The van der Waals surface area contributed by atoms with Crippen LogP contribution < -0.4 is 10.6 Å². The number of urea groups is 1. The highest BCUT2D eigenvalue weighted by molar-refractivity contribution is 6.00. The Labute approximate surface area is 157 Å². The van der Waals surface area contributed by atoms with Gasteiger partial charge in [-0.2, -0.15) is 5.10 Å². The summed E-state index contributed by atoms with van der Waals surface area (Å²) in [6, 6.07) is 15.6. The minimum atomic E-state index is -0.340. The second-order valence-electron chi connectivity index (χ2n) is 6.20. The molecular formula is C20H21N5O2. The SMILES string of the molecule is Cc1[nH]ncc1CN(C)C(=O)c1ccc(NC(=O)Nc2ccccc2)cc1. The molecule has 7 nitrogen and oxygen atoms in total. The van der Waals surface area contributed by atoms with Gasteiger partial charge in [-0.15, -0.1) is 0 Å². The fourth-order valence-corrected chi connectivity index (χ4v) is 2.59. The Kier molecular flexibility index (Phi) is 5.51. The summed E-state index contributed by atoms with van der Waals surface area (Å²) in [6.45, 7) is 2.39. The Morgan fingerprint density at radius 2 is 1.63 bits per heavy atom. The molecule has 27 heavy (non-hydrogen) atoms. The van der Waals surface area contributed by atoms with Crippen LogP contribution in [-0.2, 0) is 6.54 Å². The van der Waals surface area contributed by atoms with Gasteiger partial charge in [0.2, 0.25) is 0 Å². The molecule has 0 aliphatic heterocycles. The van der Waals surface area contributed by atoms with Gasteiger partial charge in [0, 0.05) is 41.8 Å². The van der Waals surface area contributed by atoms with Gasteiger partial charge in [-0.05, 0) is 43.3 Å². The van der Waals surface area contributed by atoms with Gasteiger partial charge < -0.3 is 15.5 Å². The molecule has 0 atom stereocenters. The van der Waals surface area contributed by atoms with Gasteiger partial charge in [-0.25, -0.2) is 4.79 Å². The number of benzene rings is 2. The Morgan fingerprint density at radius 1 is 1.00 bits per heavy atom. The summed E-state index contributed by atoms with van der Waals surface area (Å²) in [5, 5.41) is 12.3. The van der Waals surface area contributed by atoms with Crippen molar-refractivity contribution in [1.29, 1.82) is 0 Å². The Balaban J connectivity index is 1.58. The Hall–Kier alpha value is -3.61. The van der Waals surface area contributed by atoms with Crippen molar-refractivity contribution < 1.29 is 9.59 Å². The standard InChI is InChI=1S/C20H21N5O2/c1-14-16(12-21-24-14)13-25(2)19(26)15-8-10-18(11-9-15)23-20(27)22-17-6-4-3-5-7-17/h3-12H,13H2,1-2H3,(H,21,24)(H2,22,23,27). The molecule has 1 heterocycles. The first kappa shape index (κ1) is 18.2. The van der Waals surface area contributed by atoms with E-state index in [9.17, 15) is 9.59 Å². The van der Waals surface area contributed by atoms with E-state index in [1.165, 1.54) is 0 Å². The van der Waals surface area contributed by atoms with E-state index >= 15 is 0 Å². The maximum atomic E-state index is 12.6. The number of hydrogen-bond donors (Lipinski definition) is 3. The van der Waals surface area contributed by atoms with Crippen molar-refractivity contribution in [1.82, 2.24) is 15.1 Å². The molecule has 3 rings (SSSR count). The molecule has 138 valence electrons. The number of carbonyl (C=O) groups excluding carboxylic acids is 2. The van der Waals surface area contributed by atoms with Crippen molar-refractivity contribution in [3.63, 3.8) is 0 Å². The number of aromatic nitrogens is 2. The zero-order valence-electron chi connectivity index (χ0n) is 15.2. The highest BCUT2D eigenvalue weighted by atomic mass is 16.2. The lowest BCUT2D eigenvalue weighted by Gasteiger charge is -2.17. The van der Waals surface area contributed by atoms with Gasteiger partial charge in [-0.1, -0.05) is 18.2 Å². The molecule has 0 aliphatic rings. The van der Waals surface area contributed by atoms with Gasteiger partial charge in [-0.3, -0.25) is 9.89 Å². The Morgan fingerprint density at radius 3 is 2.22 bits per heavy atom. The fraction of sp³-hybridized carbons (Fsp3) is 0.150. The van der Waals surface area contributed by atoms with Crippen LogP contribution in [-0.4, -0.2) is 34.1 Å². The largest absolute Gasteiger partial charge is 0.337 e. The number of nitrogens with zero attached hydrogens (tertiary/aromatic N) is 2. The number of aromatic amines is 1. The minimum Gasteiger partial charge on any atom is -0.337 e. The summed E-state index contributed by atoms with van der Waals surface area (Å²) in [4.78, 5) is 26.2. The van der Waals surface area contributed by atoms with Crippen LogP contribution in [0, 0.1) is 6.92 Å². The third-order valence-electron chi connectivity index (χ3n) is 4.11. The molecule has 7 heteroatoms. The van der Waals surface area contributed by atoms with Crippen LogP contribution in [0.1, 0.15) is 21.6 Å². The van der Waals surface area contributed by atoms with Crippen LogP contribution in [0.3, 0.4) is 0 Å². The molecule has 3 amide bonds. The van der Waals surface area contributed by atoms with Crippen LogP contribution >= 0.6 is 0 Å². The van der Waals surface area contributed by atoms with Gasteiger partial charge >= 0.3 is 6.03 Å². The topological polar surface area (TPSA) is 90.1 Å². The van der Waals surface area contributed by atoms with Crippen molar-refractivity contribution in [2.75, 3.05) is 17.7 Å². The molecule has 2 aromatic carbocycles. The lowest BCUT2D eigenvalue weighted by Crippen LogP contribution is -2.26. The van der Waals surface area contributed by atoms with Crippen LogP contribution in [0.5, 0.6) is 0 Å². The molecule has 0 radical (unpaired) electrons. The predicted octanol–water partition coefficient (Wildman–Crippen LogP) is 3.63. The normalized spacial score (nSPS) is 10.3. The highest BCUT2D eigenvalue weighted by Gasteiger charge is 2.14. The molecule has 3 aromatic rings. The molecule has 0 saturated carbocycles. The van der Waals surface area contributed by atoms with E-state index in [1.807, 2.05) is 25.1 Å². The molecule has 0 fully saturated rings. The van der Waals surface area contributed by atoms with Crippen LogP contribution in [0.25, 0.3) is 0 Å². The van der Waals surface area contributed by atoms with Crippen molar-refractivity contribution >= 4 is 23.3 Å². The number of nitrogens with one attached hydrogen (secondary N) is 3. The molecule has 3 N–H and O–H groups in total. The van der Waals surface area contributed by atoms with Crippen molar-refractivity contribution in [2.45, 2.75) is 13.5 Å². The van der Waals surface area contributed by atoms with Crippen LogP contribution in [0.2, 0.25) is 0 Å². The van der Waals surface area contributed by atoms with Crippen molar-refractivity contribution in [3.8, 4) is 0 Å². The average molecular weight is 363 g/mol. The average Bonchev–Trinajstić information content (AvgIpc) is 3.07. The third-order valence-corrected chi connectivity index (χ3v) is 4.11. The zero-order valence-corrected chi connectivity index (χ0v) is 15.2. The number of hydrogen-bond acceptors (Lipinski definition) is 3. The van der Waals surface area contributed by atoms with E-state index in [0.717, 1.165) is 11.3 Å². The predicted molar refractivity (Wildman–Crippen MR) is 105 cm³/mol. The third kappa shape index (κ3) is 4.72. The van der Waals surface area contributed by atoms with Crippen LogP contribution in [0.4, 0.5) is 16.2 Å². The summed E-state index contributed by atoms with van der Waals surface area (Å²) in [5.41, 5.74) is 3.78. The lowest BCUT2D eigenvalue weighted by molar-refractivity contribution is 0.0785. The van der Waals surface area contributed by atoms with E-state index in [0.29, 0.717) is 23.5 Å². The quantitative estimate of drug-likeness (QED) is 0.646. The number of aryl methyl sites for hydroxylation is 1. The van der Waals surface area contributed by atoms with E-state index < -0.39 is 0 Å². The summed E-state index contributed by atoms with van der Waals surface area (Å²) >= 11 is 0. The Bertz CT molecular complexity index is 919. The summed E-state index contributed by atoms with van der Waals surface area (Å²) < 4.78 is 0. The summed E-state index contributed by atoms with van der Waals surface area (Å²) in [5.74, 6) is -0.101. The van der Waals surface area contributed by atoms with Gasteiger partial charge in [0.1, 0.15) is 0 Å². The first-order valence-corrected chi connectivity index (χ1v) is 8.50. The first-order chi connectivity index (χ1) is 13.0. The van der Waals surface area contributed by atoms with Crippen LogP contribution in [0.15, 0.2) is 60.8 Å². The number of amides is 3. The zero-order chi connectivity index (χ0) is 19.2. The van der Waals surface area contributed by atoms with Gasteiger partial charge in [0.05, 0.1) is 6.20 Å². The van der Waals surface area contributed by atoms with Crippen molar-refractivity contribution in [3.05, 3.63) is 77.6 Å². The second-order valence-corrected chi connectivity index (χ2v) is 6.20. The highest BCUT2D eigenvalue weighted by Crippen LogP contribution is 2.14. The molecule has 0 aliphatic carbocycles. The fourth-order valence-electron chi connectivity index (χ4n) is 2.59. The maximum absolute atomic E-state index is 12.6. The summed E-state index contributed by atoms with van der Waals surface area (Å²) in [6.07, 6.45) is 1.72. The number of carbonyl (C=O) groups is 2. The van der Waals surface area contributed by atoms with E-state index in [2.05, 4.69) is 20.8 Å². The van der Waals surface area contributed by atoms with E-state index in [-0.39, 0.29) is 11.9 Å². The number of rotatable bonds is 5. The number of anilines is 2. The molecule has 0 saturated heterocycles. The molecule has 0 unspecified atom stereocenters. The van der Waals surface area contributed by atoms with E-state index in [1.54, 1.807) is 54.5 Å². The lowest BCUT2D eigenvalue weighted by atomic mass is 10.1.